The number of anilines is 1. The molecule has 1 aromatic carbocycles. The van der Waals surface area contributed by atoms with E-state index in [0.717, 1.165) is 38.0 Å². The fraction of sp³-hybridized carbons (Fsp3) is 0.533. The fourth-order valence-corrected chi connectivity index (χ4v) is 2.61. The van der Waals surface area contributed by atoms with Crippen molar-refractivity contribution in [2.45, 2.75) is 33.1 Å². The third-order valence-electron chi connectivity index (χ3n) is 4.05. The van der Waals surface area contributed by atoms with E-state index < -0.39 is 0 Å². The number of amides is 1. The maximum Gasteiger partial charge on any atom is 0.231 e. The number of rotatable bonds is 4. The molecule has 0 spiro atoms. The minimum absolute atomic E-state index is 0.163. The van der Waals surface area contributed by atoms with Gasteiger partial charge < -0.3 is 10.6 Å². The molecule has 1 heterocycles. The number of carbonyl (C=O) groups is 1. The number of hydrogen-bond acceptors (Lipinski definition) is 2. The van der Waals surface area contributed by atoms with Gasteiger partial charge in [-0.15, -0.1) is 0 Å². The minimum atomic E-state index is -0.221. The minimum Gasteiger partial charge on any atom is -0.325 e. The Labute approximate surface area is 109 Å². The molecule has 1 atom stereocenters. The van der Waals surface area contributed by atoms with Crippen LogP contribution in [0.4, 0.5) is 5.69 Å². The smallest absolute Gasteiger partial charge is 0.231 e. The van der Waals surface area contributed by atoms with Crippen molar-refractivity contribution in [3.8, 4) is 0 Å². The summed E-state index contributed by atoms with van der Waals surface area (Å²) in [6.45, 7) is 5.94. The summed E-state index contributed by atoms with van der Waals surface area (Å²) in [5.74, 6) is 0.163. The largest absolute Gasteiger partial charge is 0.325 e. The Balaban J connectivity index is 2.15. The van der Waals surface area contributed by atoms with E-state index in [4.69, 9.17) is 0 Å². The summed E-state index contributed by atoms with van der Waals surface area (Å²) < 4.78 is 0. The maximum absolute atomic E-state index is 12.5. The predicted molar refractivity (Wildman–Crippen MR) is 74.7 cm³/mol. The van der Waals surface area contributed by atoms with Gasteiger partial charge in [-0.25, -0.2) is 0 Å². The van der Waals surface area contributed by atoms with Crippen LogP contribution in [0, 0.1) is 5.41 Å². The van der Waals surface area contributed by atoms with Gasteiger partial charge in [0.15, 0.2) is 0 Å². The summed E-state index contributed by atoms with van der Waals surface area (Å²) in [6.07, 6.45) is 2.76. The van der Waals surface area contributed by atoms with E-state index in [1.165, 1.54) is 5.56 Å². The standard InChI is InChI=1S/C15H22N2O/c1-3-12-7-5-6-8-13(12)17-14(18)15(4-2)9-10-16-11-15/h5-8,16H,3-4,9-11H2,1-2H3,(H,17,18). The number of carbonyl (C=O) groups excluding carboxylic acids is 1. The first kappa shape index (κ1) is 13.1. The monoisotopic (exact) mass is 246 g/mol. The second-order valence-corrected chi connectivity index (χ2v) is 5.03. The van der Waals surface area contributed by atoms with E-state index in [0.29, 0.717) is 0 Å². The van der Waals surface area contributed by atoms with Crippen LogP contribution < -0.4 is 10.6 Å². The molecule has 1 unspecified atom stereocenters. The van der Waals surface area contributed by atoms with Gasteiger partial charge >= 0.3 is 0 Å². The lowest BCUT2D eigenvalue weighted by Crippen LogP contribution is -2.37. The molecule has 3 nitrogen and oxygen atoms in total. The first-order chi connectivity index (χ1) is 8.72. The van der Waals surface area contributed by atoms with E-state index in [1.807, 2.05) is 18.2 Å². The number of para-hydroxylation sites is 1. The highest BCUT2D eigenvalue weighted by molar-refractivity contribution is 5.96. The molecule has 1 aliphatic rings. The topological polar surface area (TPSA) is 41.1 Å². The Hall–Kier alpha value is -1.35. The average Bonchev–Trinajstić information content (AvgIpc) is 2.89. The van der Waals surface area contributed by atoms with Crippen LogP contribution in [0.15, 0.2) is 24.3 Å². The normalized spacial score (nSPS) is 23.0. The molecule has 3 heteroatoms. The number of hydrogen-bond donors (Lipinski definition) is 2. The van der Waals surface area contributed by atoms with Gasteiger partial charge in [0.05, 0.1) is 5.41 Å². The second-order valence-electron chi connectivity index (χ2n) is 5.03. The van der Waals surface area contributed by atoms with Gasteiger partial charge in [0.2, 0.25) is 5.91 Å². The molecule has 98 valence electrons. The summed E-state index contributed by atoms with van der Waals surface area (Å²) in [7, 11) is 0. The number of nitrogens with one attached hydrogen (secondary N) is 2. The Bertz CT molecular complexity index is 422. The third kappa shape index (κ3) is 2.41. The second kappa shape index (κ2) is 5.53. The third-order valence-corrected chi connectivity index (χ3v) is 4.05. The molecule has 18 heavy (non-hydrogen) atoms. The lowest BCUT2D eigenvalue weighted by Gasteiger charge is -2.25. The first-order valence-corrected chi connectivity index (χ1v) is 6.82. The van der Waals surface area contributed by atoms with Crippen LogP contribution in [0.3, 0.4) is 0 Å². The molecule has 1 aliphatic heterocycles. The van der Waals surface area contributed by atoms with Crippen molar-refractivity contribution in [2.24, 2.45) is 5.41 Å². The quantitative estimate of drug-likeness (QED) is 0.857. The van der Waals surface area contributed by atoms with E-state index in [9.17, 15) is 4.79 Å². The van der Waals surface area contributed by atoms with E-state index in [1.54, 1.807) is 0 Å². The zero-order valence-corrected chi connectivity index (χ0v) is 11.3. The van der Waals surface area contributed by atoms with Crippen LogP contribution in [-0.4, -0.2) is 19.0 Å². The fourth-order valence-electron chi connectivity index (χ4n) is 2.61. The molecule has 1 amide bonds. The zero-order valence-electron chi connectivity index (χ0n) is 11.3. The van der Waals surface area contributed by atoms with Crippen molar-refractivity contribution < 1.29 is 4.79 Å². The van der Waals surface area contributed by atoms with E-state index in [2.05, 4.69) is 30.5 Å². The van der Waals surface area contributed by atoms with E-state index in [-0.39, 0.29) is 11.3 Å². The molecule has 1 saturated heterocycles. The number of benzene rings is 1. The highest BCUT2D eigenvalue weighted by Crippen LogP contribution is 2.31. The summed E-state index contributed by atoms with van der Waals surface area (Å²) in [5.41, 5.74) is 1.94. The highest BCUT2D eigenvalue weighted by Gasteiger charge is 2.39. The van der Waals surface area contributed by atoms with Crippen LogP contribution in [0.1, 0.15) is 32.3 Å². The van der Waals surface area contributed by atoms with Gasteiger partial charge in [-0.05, 0) is 37.4 Å². The molecule has 1 fully saturated rings. The summed E-state index contributed by atoms with van der Waals surface area (Å²) in [5, 5.41) is 6.41. The van der Waals surface area contributed by atoms with Gasteiger partial charge in [0, 0.05) is 12.2 Å². The Morgan fingerprint density at radius 3 is 2.78 bits per heavy atom. The van der Waals surface area contributed by atoms with Gasteiger partial charge in [-0.1, -0.05) is 32.0 Å². The zero-order chi connectivity index (χ0) is 13.0. The molecular weight excluding hydrogens is 224 g/mol. The van der Waals surface area contributed by atoms with Crippen molar-refractivity contribution in [1.82, 2.24) is 5.32 Å². The predicted octanol–water partition coefficient (Wildman–Crippen LogP) is 2.58. The lowest BCUT2D eigenvalue weighted by molar-refractivity contribution is -0.124. The van der Waals surface area contributed by atoms with Crippen LogP contribution in [-0.2, 0) is 11.2 Å². The molecule has 2 N–H and O–H groups in total. The van der Waals surface area contributed by atoms with Gasteiger partial charge in [-0.3, -0.25) is 4.79 Å². The Kier molecular flexibility index (Phi) is 4.02. The van der Waals surface area contributed by atoms with Crippen molar-refractivity contribution in [1.29, 1.82) is 0 Å². The van der Waals surface area contributed by atoms with Crippen molar-refractivity contribution in [3.63, 3.8) is 0 Å². The van der Waals surface area contributed by atoms with Gasteiger partial charge in [0.25, 0.3) is 0 Å². The van der Waals surface area contributed by atoms with E-state index >= 15 is 0 Å². The van der Waals surface area contributed by atoms with Crippen molar-refractivity contribution in [3.05, 3.63) is 29.8 Å². The van der Waals surface area contributed by atoms with Crippen LogP contribution in [0.5, 0.6) is 0 Å². The summed E-state index contributed by atoms with van der Waals surface area (Å²) in [6, 6.07) is 8.05. The first-order valence-electron chi connectivity index (χ1n) is 6.82. The molecule has 0 bridgehead atoms. The molecular formula is C15H22N2O. The van der Waals surface area contributed by atoms with Crippen molar-refractivity contribution in [2.75, 3.05) is 18.4 Å². The van der Waals surface area contributed by atoms with Crippen LogP contribution in [0.2, 0.25) is 0 Å². The lowest BCUT2D eigenvalue weighted by atomic mass is 9.83. The molecule has 0 saturated carbocycles. The molecule has 1 aromatic rings. The van der Waals surface area contributed by atoms with Gasteiger partial charge in [0.1, 0.15) is 0 Å². The van der Waals surface area contributed by atoms with Crippen LogP contribution >= 0.6 is 0 Å². The maximum atomic E-state index is 12.5. The summed E-state index contributed by atoms with van der Waals surface area (Å²) in [4.78, 5) is 12.5. The highest BCUT2D eigenvalue weighted by atomic mass is 16.2. The molecule has 0 radical (unpaired) electrons. The Morgan fingerprint density at radius 2 is 2.17 bits per heavy atom. The summed E-state index contributed by atoms with van der Waals surface area (Å²) >= 11 is 0. The molecule has 0 aromatic heterocycles. The van der Waals surface area contributed by atoms with Crippen molar-refractivity contribution >= 4 is 11.6 Å². The SMILES string of the molecule is CCc1ccccc1NC(=O)C1(CC)CCNC1. The molecule has 0 aliphatic carbocycles. The Morgan fingerprint density at radius 1 is 1.39 bits per heavy atom. The molecule has 2 rings (SSSR count). The van der Waals surface area contributed by atoms with Gasteiger partial charge in [-0.2, -0.15) is 0 Å². The number of aryl methyl sites for hydroxylation is 1. The van der Waals surface area contributed by atoms with Crippen LogP contribution in [0.25, 0.3) is 0 Å². The average molecular weight is 246 g/mol.